The maximum atomic E-state index is 9.64. The number of likely N-dealkylation sites (N-methyl/N-ethyl adjacent to an activating group) is 1. The second-order valence-electron chi connectivity index (χ2n) is 6.47. The van der Waals surface area contributed by atoms with Crippen molar-refractivity contribution < 1.29 is 5.11 Å². The van der Waals surface area contributed by atoms with Crippen molar-refractivity contribution >= 4 is 0 Å². The van der Waals surface area contributed by atoms with Crippen LogP contribution < -0.4 is 5.32 Å². The lowest BCUT2D eigenvalue weighted by molar-refractivity contribution is 0.0977. The van der Waals surface area contributed by atoms with Crippen molar-refractivity contribution in [3.05, 3.63) is 0 Å². The lowest BCUT2D eigenvalue weighted by Gasteiger charge is -2.37. The molecule has 1 saturated carbocycles. The number of rotatable bonds is 6. The van der Waals surface area contributed by atoms with E-state index in [1.54, 1.807) is 0 Å². The average molecular weight is 254 g/mol. The van der Waals surface area contributed by atoms with Gasteiger partial charge in [-0.2, -0.15) is 0 Å². The van der Waals surface area contributed by atoms with Crippen LogP contribution in [0.4, 0.5) is 0 Å². The summed E-state index contributed by atoms with van der Waals surface area (Å²) in [5.41, 5.74) is -0.129. The lowest BCUT2D eigenvalue weighted by atomic mass is 9.94. The number of nitrogens with one attached hydrogen (secondary N) is 1. The first-order valence-electron chi connectivity index (χ1n) is 7.78. The summed E-state index contributed by atoms with van der Waals surface area (Å²) in [6.45, 7) is 7.65. The van der Waals surface area contributed by atoms with Crippen molar-refractivity contribution in [1.82, 2.24) is 10.2 Å². The van der Waals surface area contributed by atoms with E-state index in [0.717, 1.165) is 25.0 Å². The molecule has 3 heteroatoms. The Bertz CT molecular complexity index is 253. The zero-order valence-electron chi connectivity index (χ0n) is 12.1. The number of hydrogen-bond donors (Lipinski definition) is 2. The molecule has 0 spiro atoms. The zero-order chi connectivity index (χ0) is 13.0. The average Bonchev–Trinajstić information content (AvgIpc) is 2.99. The third-order valence-corrected chi connectivity index (χ3v) is 4.86. The minimum absolute atomic E-state index is 0.129. The molecule has 1 heterocycles. The highest BCUT2D eigenvalue weighted by atomic mass is 16.3. The fourth-order valence-corrected chi connectivity index (χ4v) is 3.96. The van der Waals surface area contributed by atoms with Crippen LogP contribution in [0.3, 0.4) is 0 Å². The van der Waals surface area contributed by atoms with Crippen LogP contribution in [-0.4, -0.2) is 47.8 Å². The summed E-state index contributed by atoms with van der Waals surface area (Å²) < 4.78 is 0. The Kier molecular flexibility index (Phi) is 5.05. The minimum atomic E-state index is -0.129. The summed E-state index contributed by atoms with van der Waals surface area (Å²) in [5.74, 6) is 0.928. The van der Waals surface area contributed by atoms with Crippen molar-refractivity contribution in [3.63, 3.8) is 0 Å². The highest BCUT2D eigenvalue weighted by Gasteiger charge is 2.36. The molecule has 0 bridgehead atoms. The normalized spacial score (nSPS) is 29.8. The van der Waals surface area contributed by atoms with Gasteiger partial charge in [0.2, 0.25) is 0 Å². The largest absolute Gasteiger partial charge is 0.394 e. The second-order valence-corrected chi connectivity index (χ2v) is 6.47. The van der Waals surface area contributed by atoms with Crippen LogP contribution in [0.5, 0.6) is 0 Å². The minimum Gasteiger partial charge on any atom is -0.394 e. The molecule has 0 amide bonds. The summed E-state index contributed by atoms with van der Waals surface area (Å²) in [6, 6.07) is 0.789. The Morgan fingerprint density at radius 3 is 2.56 bits per heavy atom. The molecule has 2 unspecified atom stereocenters. The maximum absolute atomic E-state index is 9.64. The molecule has 1 aliphatic carbocycles. The fourth-order valence-electron chi connectivity index (χ4n) is 3.96. The Morgan fingerprint density at radius 2 is 1.94 bits per heavy atom. The van der Waals surface area contributed by atoms with Crippen molar-refractivity contribution in [2.75, 3.05) is 26.2 Å². The summed E-state index contributed by atoms with van der Waals surface area (Å²) in [4.78, 5) is 2.65. The molecule has 0 aromatic heterocycles. The monoisotopic (exact) mass is 254 g/mol. The first-order valence-corrected chi connectivity index (χ1v) is 7.78. The molecule has 2 aliphatic rings. The van der Waals surface area contributed by atoms with Gasteiger partial charge in [-0.1, -0.05) is 19.8 Å². The van der Waals surface area contributed by atoms with E-state index in [9.17, 15) is 5.11 Å². The molecule has 1 saturated heterocycles. The van der Waals surface area contributed by atoms with Crippen LogP contribution in [0, 0.1) is 5.92 Å². The van der Waals surface area contributed by atoms with Gasteiger partial charge < -0.3 is 10.4 Å². The molecule has 2 rings (SSSR count). The summed E-state index contributed by atoms with van der Waals surface area (Å²) in [6.07, 6.45) is 8.43. The second kappa shape index (κ2) is 6.36. The van der Waals surface area contributed by atoms with Gasteiger partial charge in [0.05, 0.1) is 12.1 Å². The van der Waals surface area contributed by atoms with E-state index in [1.807, 2.05) is 0 Å². The molecule has 0 aromatic carbocycles. The lowest BCUT2D eigenvalue weighted by Crippen LogP contribution is -2.55. The van der Waals surface area contributed by atoms with E-state index in [4.69, 9.17) is 0 Å². The van der Waals surface area contributed by atoms with Crippen molar-refractivity contribution in [1.29, 1.82) is 0 Å². The van der Waals surface area contributed by atoms with Gasteiger partial charge in [0, 0.05) is 12.6 Å². The van der Waals surface area contributed by atoms with Gasteiger partial charge in [-0.25, -0.2) is 0 Å². The van der Waals surface area contributed by atoms with Gasteiger partial charge in [0.1, 0.15) is 0 Å². The van der Waals surface area contributed by atoms with E-state index in [1.165, 1.54) is 45.1 Å². The van der Waals surface area contributed by atoms with Gasteiger partial charge in [0.15, 0.2) is 0 Å². The molecule has 3 nitrogen and oxygen atoms in total. The first-order chi connectivity index (χ1) is 8.68. The van der Waals surface area contributed by atoms with Gasteiger partial charge in [-0.05, 0) is 51.6 Å². The zero-order valence-corrected chi connectivity index (χ0v) is 12.1. The van der Waals surface area contributed by atoms with Gasteiger partial charge >= 0.3 is 0 Å². The molecular weight excluding hydrogens is 224 g/mol. The van der Waals surface area contributed by atoms with Crippen LogP contribution in [0.25, 0.3) is 0 Å². The van der Waals surface area contributed by atoms with E-state index < -0.39 is 0 Å². The Balaban J connectivity index is 1.93. The number of aliphatic hydroxyl groups is 1. The van der Waals surface area contributed by atoms with Gasteiger partial charge in [0.25, 0.3) is 0 Å². The molecule has 18 heavy (non-hydrogen) atoms. The standard InChI is InChI=1S/C15H30N2O/c1-3-16-15(2,12-18)11-17-10-6-9-14(17)13-7-4-5-8-13/h13-14,16,18H,3-12H2,1-2H3. The highest BCUT2D eigenvalue weighted by Crippen LogP contribution is 2.35. The Morgan fingerprint density at radius 1 is 1.22 bits per heavy atom. The first kappa shape index (κ1) is 14.3. The smallest absolute Gasteiger partial charge is 0.0623 e. The molecule has 2 N–H and O–H groups in total. The SMILES string of the molecule is CCNC(C)(CO)CN1CCCC1C1CCCC1. The van der Waals surface area contributed by atoms with Crippen LogP contribution in [-0.2, 0) is 0 Å². The van der Waals surface area contributed by atoms with Crippen LogP contribution >= 0.6 is 0 Å². The van der Waals surface area contributed by atoms with Crippen LogP contribution in [0.15, 0.2) is 0 Å². The van der Waals surface area contributed by atoms with E-state index in [2.05, 4.69) is 24.1 Å². The summed E-state index contributed by atoms with van der Waals surface area (Å²) in [7, 11) is 0. The third-order valence-electron chi connectivity index (χ3n) is 4.86. The number of hydrogen-bond acceptors (Lipinski definition) is 3. The van der Waals surface area contributed by atoms with Crippen LogP contribution in [0.1, 0.15) is 52.4 Å². The van der Waals surface area contributed by atoms with E-state index >= 15 is 0 Å². The summed E-state index contributed by atoms with van der Waals surface area (Å²) >= 11 is 0. The molecule has 0 aromatic rings. The van der Waals surface area contributed by atoms with E-state index in [0.29, 0.717) is 0 Å². The molecule has 0 radical (unpaired) electrons. The predicted octanol–water partition coefficient (Wildman–Crippen LogP) is 2.00. The maximum Gasteiger partial charge on any atom is 0.0623 e. The number of likely N-dealkylation sites (tertiary alicyclic amines) is 1. The van der Waals surface area contributed by atoms with Crippen LogP contribution in [0.2, 0.25) is 0 Å². The Hall–Kier alpha value is -0.120. The van der Waals surface area contributed by atoms with Crippen molar-refractivity contribution in [3.8, 4) is 0 Å². The third kappa shape index (κ3) is 3.25. The molecule has 2 atom stereocenters. The van der Waals surface area contributed by atoms with E-state index in [-0.39, 0.29) is 12.1 Å². The fraction of sp³-hybridized carbons (Fsp3) is 1.00. The number of nitrogens with zero attached hydrogens (tertiary/aromatic N) is 1. The number of aliphatic hydroxyl groups excluding tert-OH is 1. The quantitative estimate of drug-likeness (QED) is 0.761. The Labute approximate surface area is 112 Å². The topological polar surface area (TPSA) is 35.5 Å². The molecule has 1 aliphatic heterocycles. The molecular formula is C15H30N2O. The molecule has 2 fully saturated rings. The van der Waals surface area contributed by atoms with Crippen molar-refractivity contribution in [2.24, 2.45) is 5.92 Å². The molecule has 106 valence electrons. The summed E-state index contributed by atoms with van der Waals surface area (Å²) in [5, 5.41) is 13.1. The predicted molar refractivity (Wildman–Crippen MR) is 75.7 cm³/mol. The highest BCUT2D eigenvalue weighted by molar-refractivity contribution is 4.93. The van der Waals surface area contributed by atoms with Crippen molar-refractivity contribution in [2.45, 2.75) is 64.0 Å². The van der Waals surface area contributed by atoms with Gasteiger partial charge in [-0.3, -0.25) is 4.90 Å². The van der Waals surface area contributed by atoms with Gasteiger partial charge in [-0.15, -0.1) is 0 Å².